The summed E-state index contributed by atoms with van der Waals surface area (Å²) < 4.78 is 1.77. The van der Waals surface area contributed by atoms with Gasteiger partial charge in [0.05, 0.1) is 16.8 Å². The fourth-order valence-corrected chi connectivity index (χ4v) is 2.79. The van der Waals surface area contributed by atoms with Gasteiger partial charge in [0.25, 0.3) is 0 Å². The smallest absolute Gasteiger partial charge is 0.337 e. The van der Waals surface area contributed by atoms with Crippen molar-refractivity contribution in [3.05, 3.63) is 77.5 Å². The lowest BCUT2D eigenvalue weighted by atomic mass is 10.1. The molecule has 0 unspecified atom stereocenters. The van der Waals surface area contributed by atoms with Crippen LogP contribution >= 0.6 is 0 Å². The lowest BCUT2D eigenvalue weighted by Crippen LogP contribution is -2.04. The van der Waals surface area contributed by atoms with Crippen LogP contribution in [0.15, 0.2) is 60.7 Å². The highest BCUT2D eigenvalue weighted by Gasteiger charge is 2.21. The van der Waals surface area contributed by atoms with Crippen molar-refractivity contribution in [1.29, 1.82) is 0 Å². The molecule has 24 heavy (non-hydrogen) atoms. The molecule has 120 valence electrons. The second-order valence-electron chi connectivity index (χ2n) is 5.41. The van der Waals surface area contributed by atoms with E-state index in [1.54, 1.807) is 29.7 Å². The molecule has 0 bridgehead atoms. The van der Waals surface area contributed by atoms with Crippen molar-refractivity contribution < 1.29 is 19.8 Å². The molecule has 0 aliphatic rings. The molecule has 0 aliphatic carbocycles. The monoisotopic (exact) mass is 321 g/mol. The van der Waals surface area contributed by atoms with Crippen LogP contribution in [0.1, 0.15) is 26.4 Å². The largest absolute Gasteiger partial charge is 0.478 e. The lowest BCUT2D eigenvalue weighted by Gasteiger charge is -2.13. The summed E-state index contributed by atoms with van der Waals surface area (Å²) >= 11 is 0. The third kappa shape index (κ3) is 2.67. The average molecular weight is 321 g/mol. The predicted molar refractivity (Wildman–Crippen MR) is 89.9 cm³/mol. The second-order valence-corrected chi connectivity index (χ2v) is 5.41. The van der Waals surface area contributed by atoms with E-state index in [-0.39, 0.29) is 11.1 Å². The molecule has 0 aliphatic heterocycles. The number of carboxylic acids is 2. The summed E-state index contributed by atoms with van der Waals surface area (Å²) in [6.07, 6.45) is 0. The molecular formula is C19H15NO4. The van der Waals surface area contributed by atoms with Crippen molar-refractivity contribution in [3.63, 3.8) is 0 Å². The second kappa shape index (κ2) is 6.04. The highest BCUT2D eigenvalue weighted by Crippen LogP contribution is 2.31. The fourth-order valence-electron chi connectivity index (χ4n) is 2.79. The predicted octanol–water partition coefficient (Wildman–Crippen LogP) is 3.85. The van der Waals surface area contributed by atoms with Gasteiger partial charge in [-0.3, -0.25) is 0 Å². The van der Waals surface area contributed by atoms with Crippen LogP contribution in [0.5, 0.6) is 0 Å². The van der Waals surface area contributed by atoms with Crippen LogP contribution in [0, 0.1) is 6.92 Å². The third-order valence-corrected chi connectivity index (χ3v) is 3.81. The third-order valence-electron chi connectivity index (χ3n) is 3.81. The number of benzene rings is 2. The molecule has 0 radical (unpaired) electrons. The van der Waals surface area contributed by atoms with Crippen molar-refractivity contribution in [2.24, 2.45) is 0 Å². The summed E-state index contributed by atoms with van der Waals surface area (Å²) in [5.41, 5.74) is 2.94. The van der Waals surface area contributed by atoms with E-state index in [1.165, 1.54) is 12.1 Å². The van der Waals surface area contributed by atoms with E-state index in [2.05, 4.69) is 0 Å². The number of carboxylic acid groups (broad SMARTS) is 2. The van der Waals surface area contributed by atoms with Gasteiger partial charge in [-0.05, 0) is 36.8 Å². The van der Waals surface area contributed by atoms with Crippen LogP contribution in [0.4, 0.5) is 0 Å². The zero-order chi connectivity index (χ0) is 17.3. The van der Waals surface area contributed by atoms with Crippen LogP contribution in [0.3, 0.4) is 0 Å². The van der Waals surface area contributed by atoms with Crippen molar-refractivity contribution in [2.45, 2.75) is 6.92 Å². The first-order valence-electron chi connectivity index (χ1n) is 7.34. The summed E-state index contributed by atoms with van der Waals surface area (Å²) in [6.45, 7) is 1.80. The van der Waals surface area contributed by atoms with E-state index in [0.29, 0.717) is 17.1 Å². The van der Waals surface area contributed by atoms with Crippen LogP contribution in [-0.2, 0) is 0 Å². The summed E-state index contributed by atoms with van der Waals surface area (Å²) in [4.78, 5) is 22.9. The highest BCUT2D eigenvalue weighted by molar-refractivity contribution is 5.96. The van der Waals surface area contributed by atoms with Gasteiger partial charge in [-0.2, -0.15) is 0 Å². The molecular weight excluding hydrogens is 306 g/mol. The van der Waals surface area contributed by atoms with Gasteiger partial charge in [-0.1, -0.05) is 36.4 Å². The number of nitrogens with zero attached hydrogens (tertiary/aromatic N) is 1. The quantitative estimate of drug-likeness (QED) is 0.765. The normalized spacial score (nSPS) is 10.5. The first-order valence-corrected chi connectivity index (χ1v) is 7.34. The molecule has 0 amide bonds. The van der Waals surface area contributed by atoms with E-state index in [4.69, 9.17) is 0 Å². The standard InChI is InChI=1S/C19H15NO4/c1-12-10-16(19(23)24)17(13-6-3-2-4-7-13)20(12)15-9-5-8-14(11-15)18(21)22/h2-11H,1H3,(H,21,22)(H,23,24). The molecule has 1 heterocycles. The van der Waals surface area contributed by atoms with E-state index in [9.17, 15) is 19.8 Å². The summed E-state index contributed by atoms with van der Waals surface area (Å²) in [6, 6.07) is 17.2. The topological polar surface area (TPSA) is 79.5 Å². The average Bonchev–Trinajstić information content (AvgIpc) is 2.93. The number of aryl methyl sites for hydroxylation is 1. The van der Waals surface area contributed by atoms with Gasteiger partial charge in [0.15, 0.2) is 0 Å². The molecule has 0 fully saturated rings. The zero-order valence-electron chi connectivity index (χ0n) is 12.9. The number of hydrogen-bond donors (Lipinski definition) is 2. The molecule has 2 aromatic carbocycles. The number of carbonyl (C=O) groups is 2. The summed E-state index contributed by atoms with van der Waals surface area (Å²) in [5, 5.41) is 18.7. The van der Waals surface area contributed by atoms with Crippen molar-refractivity contribution in [1.82, 2.24) is 4.57 Å². The first kappa shape index (κ1) is 15.6. The van der Waals surface area contributed by atoms with Crippen LogP contribution < -0.4 is 0 Å². The zero-order valence-corrected chi connectivity index (χ0v) is 12.9. The highest BCUT2D eigenvalue weighted by atomic mass is 16.4. The number of rotatable bonds is 4. The van der Waals surface area contributed by atoms with Gasteiger partial charge >= 0.3 is 11.9 Å². The number of aromatic carboxylic acids is 2. The summed E-state index contributed by atoms with van der Waals surface area (Å²) in [7, 11) is 0. The van der Waals surface area contributed by atoms with Crippen LogP contribution in [-0.4, -0.2) is 26.7 Å². The molecule has 0 saturated carbocycles. The Morgan fingerprint density at radius 1 is 0.875 bits per heavy atom. The molecule has 0 atom stereocenters. The van der Waals surface area contributed by atoms with E-state index in [1.807, 2.05) is 30.3 Å². The Bertz CT molecular complexity index is 926. The lowest BCUT2D eigenvalue weighted by molar-refractivity contribution is 0.0686. The maximum absolute atomic E-state index is 11.7. The van der Waals surface area contributed by atoms with Crippen LogP contribution in [0.2, 0.25) is 0 Å². The van der Waals surface area contributed by atoms with Crippen molar-refractivity contribution >= 4 is 11.9 Å². The van der Waals surface area contributed by atoms with Crippen molar-refractivity contribution in [3.8, 4) is 16.9 Å². The van der Waals surface area contributed by atoms with E-state index < -0.39 is 11.9 Å². The minimum atomic E-state index is -1.03. The SMILES string of the molecule is Cc1cc(C(=O)O)c(-c2ccccc2)n1-c1cccc(C(=O)O)c1. The Kier molecular flexibility index (Phi) is 3.92. The Labute approximate surface area is 138 Å². The molecule has 5 heteroatoms. The van der Waals surface area contributed by atoms with E-state index in [0.717, 1.165) is 5.56 Å². The van der Waals surface area contributed by atoms with Gasteiger partial charge < -0.3 is 14.8 Å². The Morgan fingerprint density at radius 2 is 1.58 bits per heavy atom. The maximum atomic E-state index is 11.7. The molecule has 3 aromatic rings. The molecule has 2 N–H and O–H groups in total. The van der Waals surface area contributed by atoms with E-state index >= 15 is 0 Å². The molecule has 0 spiro atoms. The minimum Gasteiger partial charge on any atom is -0.478 e. The van der Waals surface area contributed by atoms with Gasteiger partial charge in [0, 0.05) is 11.4 Å². The first-order chi connectivity index (χ1) is 11.5. The number of aromatic nitrogens is 1. The minimum absolute atomic E-state index is 0.150. The van der Waals surface area contributed by atoms with Crippen molar-refractivity contribution in [2.75, 3.05) is 0 Å². The van der Waals surface area contributed by atoms with Gasteiger partial charge in [-0.25, -0.2) is 9.59 Å². The van der Waals surface area contributed by atoms with Gasteiger partial charge in [-0.15, -0.1) is 0 Å². The van der Waals surface area contributed by atoms with Gasteiger partial charge in [0.1, 0.15) is 0 Å². The van der Waals surface area contributed by atoms with Crippen LogP contribution in [0.25, 0.3) is 16.9 Å². The fraction of sp³-hybridized carbons (Fsp3) is 0.0526. The summed E-state index contributed by atoms with van der Waals surface area (Å²) in [5.74, 6) is -2.05. The van der Waals surface area contributed by atoms with Gasteiger partial charge in [0.2, 0.25) is 0 Å². The molecule has 1 aromatic heterocycles. The molecule has 5 nitrogen and oxygen atoms in total. The Morgan fingerprint density at radius 3 is 2.21 bits per heavy atom. The number of hydrogen-bond acceptors (Lipinski definition) is 2. The Hall–Kier alpha value is -3.34. The molecule has 0 saturated heterocycles. The Balaban J connectivity index is 2.31. The maximum Gasteiger partial charge on any atom is 0.337 e. The molecule has 3 rings (SSSR count).